The molecule has 2 aliphatic heterocycles. The van der Waals surface area contributed by atoms with Gasteiger partial charge in [0.05, 0.1) is 13.2 Å². The topological polar surface area (TPSA) is 51.9 Å². The van der Waals surface area contributed by atoms with Crippen molar-refractivity contribution >= 4 is 5.91 Å². The lowest BCUT2D eigenvalue weighted by molar-refractivity contribution is -0.187. The summed E-state index contributed by atoms with van der Waals surface area (Å²) in [5.41, 5.74) is 0. The molecule has 5 heteroatoms. The van der Waals surface area contributed by atoms with Crippen LogP contribution in [-0.4, -0.2) is 42.9 Å². The van der Waals surface area contributed by atoms with Gasteiger partial charge in [-0.2, -0.15) is 0 Å². The van der Waals surface area contributed by atoms with Crippen LogP contribution in [0.25, 0.3) is 0 Å². The number of carbonyl (C=O) groups is 1. The minimum absolute atomic E-state index is 0.204. The van der Waals surface area contributed by atoms with E-state index in [1.165, 1.54) is 6.42 Å². The largest absolute Gasteiger partial charge is 0.466 e. The highest BCUT2D eigenvalue weighted by molar-refractivity contribution is 5.76. The molecule has 0 N–H and O–H groups in total. The highest BCUT2D eigenvalue weighted by Gasteiger charge is 2.40. The standard InChI is InChI=1S/C18H25NO4/c1-13-12-15(13)16-4-2-14(23-16)3-5-17(20)19-8-6-18(7-9-19)21-10-11-22-18/h2,4,13,15H,3,5-12H2,1H3/t13-,15+/m0/s1. The lowest BCUT2D eigenvalue weighted by Gasteiger charge is -2.37. The monoisotopic (exact) mass is 319 g/mol. The van der Waals surface area contributed by atoms with Gasteiger partial charge in [-0.3, -0.25) is 4.79 Å². The SMILES string of the molecule is C[C@H]1C[C@H]1c1ccc(CCC(=O)N2CCC3(CC2)OCCO3)o1. The van der Waals surface area contributed by atoms with Crippen LogP contribution in [0, 0.1) is 5.92 Å². The summed E-state index contributed by atoms with van der Waals surface area (Å²) in [5.74, 6) is 3.17. The first kappa shape index (κ1) is 15.2. The van der Waals surface area contributed by atoms with Gasteiger partial charge in [0.15, 0.2) is 5.79 Å². The summed E-state index contributed by atoms with van der Waals surface area (Å²) < 4.78 is 17.3. The van der Waals surface area contributed by atoms with E-state index in [-0.39, 0.29) is 5.91 Å². The lowest BCUT2D eigenvalue weighted by Crippen LogP contribution is -2.47. The number of amides is 1. The number of furan rings is 1. The molecule has 1 saturated carbocycles. The van der Waals surface area contributed by atoms with Gasteiger partial charge in [-0.05, 0) is 24.5 Å². The fraction of sp³-hybridized carbons (Fsp3) is 0.722. The number of likely N-dealkylation sites (tertiary alicyclic amines) is 1. The average Bonchev–Trinajstić information content (AvgIpc) is 2.96. The van der Waals surface area contributed by atoms with E-state index in [2.05, 4.69) is 13.0 Å². The van der Waals surface area contributed by atoms with Crippen LogP contribution >= 0.6 is 0 Å². The predicted molar refractivity (Wildman–Crippen MR) is 84.0 cm³/mol. The Balaban J connectivity index is 1.25. The normalized spacial score (nSPS) is 29.2. The van der Waals surface area contributed by atoms with Crippen LogP contribution in [0.5, 0.6) is 0 Å². The van der Waals surface area contributed by atoms with Gasteiger partial charge < -0.3 is 18.8 Å². The maximum atomic E-state index is 12.4. The van der Waals surface area contributed by atoms with Crippen LogP contribution in [0.4, 0.5) is 0 Å². The second-order valence-corrected chi connectivity index (χ2v) is 7.11. The molecule has 5 nitrogen and oxygen atoms in total. The number of hydrogen-bond donors (Lipinski definition) is 0. The number of piperidine rings is 1. The third-order valence-electron chi connectivity index (χ3n) is 5.43. The van der Waals surface area contributed by atoms with E-state index >= 15 is 0 Å². The Morgan fingerprint density at radius 1 is 1.26 bits per heavy atom. The molecule has 4 rings (SSSR count). The third-order valence-corrected chi connectivity index (χ3v) is 5.43. The summed E-state index contributed by atoms with van der Waals surface area (Å²) in [4.78, 5) is 14.3. The summed E-state index contributed by atoms with van der Waals surface area (Å²) in [7, 11) is 0. The first-order valence-corrected chi connectivity index (χ1v) is 8.79. The summed E-state index contributed by atoms with van der Waals surface area (Å²) in [6, 6.07) is 4.10. The molecular weight excluding hydrogens is 294 g/mol. The van der Waals surface area contributed by atoms with Gasteiger partial charge in [0, 0.05) is 44.7 Å². The Labute approximate surface area is 136 Å². The number of hydrogen-bond acceptors (Lipinski definition) is 4. The molecule has 3 heterocycles. The second-order valence-electron chi connectivity index (χ2n) is 7.11. The second kappa shape index (κ2) is 5.95. The molecule has 1 aromatic heterocycles. The maximum Gasteiger partial charge on any atom is 0.223 e. The molecule has 126 valence electrons. The molecule has 0 bridgehead atoms. The zero-order chi connectivity index (χ0) is 15.9. The Morgan fingerprint density at radius 2 is 1.96 bits per heavy atom. The molecule has 0 aromatic carbocycles. The van der Waals surface area contributed by atoms with E-state index in [9.17, 15) is 4.79 Å². The van der Waals surface area contributed by atoms with Crippen molar-refractivity contribution in [3.63, 3.8) is 0 Å². The van der Waals surface area contributed by atoms with Gasteiger partial charge in [-0.1, -0.05) is 6.92 Å². The van der Waals surface area contributed by atoms with Gasteiger partial charge in [0.2, 0.25) is 5.91 Å². The smallest absolute Gasteiger partial charge is 0.223 e. The van der Waals surface area contributed by atoms with Gasteiger partial charge in [0.1, 0.15) is 11.5 Å². The molecule has 1 amide bonds. The summed E-state index contributed by atoms with van der Waals surface area (Å²) in [5, 5.41) is 0. The number of carbonyl (C=O) groups excluding carboxylic acids is 1. The zero-order valence-corrected chi connectivity index (χ0v) is 13.8. The molecule has 1 aliphatic carbocycles. The van der Waals surface area contributed by atoms with Crippen LogP contribution in [-0.2, 0) is 20.7 Å². The molecule has 1 aromatic rings. The van der Waals surface area contributed by atoms with Gasteiger partial charge in [-0.15, -0.1) is 0 Å². The van der Waals surface area contributed by atoms with Crippen molar-refractivity contribution in [2.45, 2.75) is 50.7 Å². The number of rotatable bonds is 4. The first-order valence-electron chi connectivity index (χ1n) is 8.79. The quantitative estimate of drug-likeness (QED) is 0.856. The van der Waals surface area contributed by atoms with Crippen molar-refractivity contribution in [3.8, 4) is 0 Å². The van der Waals surface area contributed by atoms with E-state index < -0.39 is 5.79 Å². The van der Waals surface area contributed by atoms with Crippen LogP contribution in [0.2, 0.25) is 0 Å². The molecular formula is C18H25NO4. The third kappa shape index (κ3) is 3.17. The molecule has 2 atom stereocenters. The lowest BCUT2D eigenvalue weighted by atomic mass is 10.0. The fourth-order valence-corrected chi connectivity index (χ4v) is 3.72. The van der Waals surface area contributed by atoms with Crippen LogP contribution in [0.3, 0.4) is 0 Å². The van der Waals surface area contributed by atoms with Crippen LogP contribution < -0.4 is 0 Å². The van der Waals surface area contributed by atoms with E-state index in [0.29, 0.717) is 32.0 Å². The Kier molecular flexibility index (Phi) is 3.93. The molecule has 0 unspecified atom stereocenters. The van der Waals surface area contributed by atoms with Gasteiger partial charge in [-0.25, -0.2) is 0 Å². The summed E-state index contributed by atoms with van der Waals surface area (Å²) in [6.07, 6.45) is 3.99. The van der Waals surface area contributed by atoms with Crippen molar-refractivity contribution in [1.82, 2.24) is 4.90 Å². The van der Waals surface area contributed by atoms with E-state index in [1.807, 2.05) is 11.0 Å². The van der Waals surface area contributed by atoms with Gasteiger partial charge >= 0.3 is 0 Å². The first-order chi connectivity index (χ1) is 11.2. The van der Waals surface area contributed by atoms with E-state index in [4.69, 9.17) is 13.9 Å². The van der Waals surface area contributed by atoms with Crippen molar-refractivity contribution < 1.29 is 18.7 Å². The Bertz CT molecular complexity index is 565. The highest BCUT2D eigenvalue weighted by atomic mass is 16.7. The van der Waals surface area contributed by atoms with Gasteiger partial charge in [0.25, 0.3) is 0 Å². The van der Waals surface area contributed by atoms with Crippen molar-refractivity contribution in [2.75, 3.05) is 26.3 Å². The Morgan fingerprint density at radius 3 is 2.61 bits per heavy atom. The Hall–Kier alpha value is -1.33. The van der Waals surface area contributed by atoms with E-state index in [0.717, 1.165) is 43.4 Å². The molecule has 3 aliphatic rings. The molecule has 2 saturated heterocycles. The molecule has 23 heavy (non-hydrogen) atoms. The number of aryl methyl sites for hydroxylation is 1. The molecule has 1 spiro atoms. The number of ether oxygens (including phenoxy) is 2. The number of nitrogens with zero attached hydrogens (tertiary/aromatic N) is 1. The minimum atomic E-state index is -0.409. The highest BCUT2D eigenvalue weighted by Crippen LogP contribution is 2.47. The van der Waals surface area contributed by atoms with Crippen LogP contribution in [0.15, 0.2) is 16.5 Å². The van der Waals surface area contributed by atoms with E-state index in [1.54, 1.807) is 0 Å². The van der Waals surface area contributed by atoms with Crippen molar-refractivity contribution in [3.05, 3.63) is 23.7 Å². The summed E-state index contributed by atoms with van der Waals surface area (Å²) in [6.45, 7) is 5.05. The maximum absolute atomic E-state index is 12.4. The van der Waals surface area contributed by atoms with Crippen molar-refractivity contribution in [1.29, 1.82) is 0 Å². The fourth-order valence-electron chi connectivity index (χ4n) is 3.72. The van der Waals surface area contributed by atoms with Crippen LogP contribution in [0.1, 0.15) is 50.0 Å². The predicted octanol–water partition coefficient (Wildman–Crippen LogP) is 2.70. The molecule has 0 radical (unpaired) electrons. The zero-order valence-electron chi connectivity index (χ0n) is 13.8. The average molecular weight is 319 g/mol. The minimum Gasteiger partial charge on any atom is -0.466 e. The molecule has 3 fully saturated rings. The van der Waals surface area contributed by atoms with Crippen molar-refractivity contribution in [2.24, 2.45) is 5.92 Å². The summed E-state index contributed by atoms with van der Waals surface area (Å²) >= 11 is 0.